The Morgan fingerprint density at radius 2 is 2.42 bits per heavy atom. The summed E-state index contributed by atoms with van der Waals surface area (Å²) in [6.07, 6.45) is 0.428. The minimum Gasteiger partial charge on any atom is -0.466 e. The van der Waals surface area contributed by atoms with E-state index in [2.05, 4.69) is 18.3 Å². The summed E-state index contributed by atoms with van der Waals surface area (Å²) in [5.41, 5.74) is 1.10. The van der Waals surface area contributed by atoms with Gasteiger partial charge >= 0.3 is 5.97 Å². The first-order chi connectivity index (χ1) is 5.72. The molecule has 0 saturated carbocycles. The van der Waals surface area contributed by atoms with Gasteiger partial charge in [0.15, 0.2) is 0 Å². The molecule has 0 N–H and O–H groups in total. The molecule has 12 heavy (non-hydrogen) atoms. The van der Waals surface area contributed by atoms with E-state index in [1.165, 1.54) is 0 Å². The highest BCUT2D eigenvalue weighted by Gasteiger charge is 2.03. The lowest BCUT2D eigenvalue weighted by Crippen LogP contribution is -2.06. The van der Waals surface area contributed by atoms with E-state index >= 15 is 0 Å². The monoisotopic (exact) mass is 184 g/mol. The van der Waals surface area contributed by atoms with E-state index in [0.717, 1.165) is 5.56 Å². The molecule has 1 heterocycles. The molecule has 1 rings (SSSR count). The summed E-state index contributed by atoms with van der Waals surface area (Å²) in [5, 5.41) is 0. The second kappa shape index (κ2) is 4.32. The maximum atomic E-state index is 11.0. The summed E-state index contributed by atoms with van der Waals surface area (Å²) in [4.78, 5) is 11.0. The van der Waals surface area contributed by atoms with E-state index in [9.17, 15) is 4.79 Å². The summed E-state index contributed by atoms with van der Waals surface area (Å²) in [7, 11) is -0.0946. The number of carbonyl (C=O) groups is 1. The molecule has 0 amide bonds. The van der Waals surface area contributed by atoms with Crippen LogP contribution < -0.4 is 0 Å². The SMILES string of the molecule is CCOC(=O)Cc1ccp(C)c1. The Morgan fingerprint density at radius 3 is 2.92 bits per heavy atom. The van der Waals surface area contributed by atoms with Crippen LogP contribution in [0.2, 0.25) is 0 Å². The van der Waals surface area contributed by atoms with Gasteiger partial charge in [-0.1, -0.05) is 6.07 Å². The average Bonchev–Trinajstić information content (AvgIpc) is 2.36. The number of hydrogen-bond acceptors (Lipinski definition) is 2. The smallest absolute Gasteiger partial charge is 0.310 e. The zero-order chi connectivity index (χ0) is 8.97. The first-order valence-electron chi connectivity index (χ1n) is 3.99. The largest absolute Gasteiger partial charge is 0.466 e. The topological polar surface area (TPSA) is 26.3 Å². The van der Waals surface area contributed by atoms with Gasteiger partial charge in [0.2, 0.25) is 0 Å². The van der Waals surface area contributed by atoms with E-state index in [-0.39, 0.29) is 13.5 Å². The molecule has 0 aliphatic rings. The predicted molar refractivity (Wildman–Crippen MR) is 50.5 cm³/mol. The third-order valence-corrected chi connectivity index (χ3v) is 2.91. The molecule has 0 saturated heterocycles. The van der Waals surface area contributed by atoms with Crippen LogP contribution in [0.25, 0.3) is 0 Å². The summed E-state index contributed by atoms with van der Waals surface area (Å²) in [5.74, 6) is 4.16. The number of rotatable bonds is 3. The molecule has 0 bridgehead atoms. The van der Waals surface area contributed by atoms with Crippen molar-refractivity contribution in [2.45, 2.75) is 13.3 Å². The minimum atomic E-state index is -0.126. The fourth-order valence-corrected chi connectivity index (χ4v) is 2.26. The van der Waals surface area contributed by atoms with Crippen LogP contribution in [-0.4, -0.2) is 12.6 Å². The third kappa shape index (κ3) is 2.71. The highest BCUT2D eigenvalue weighted by molar-refractivity contribution is 7.46. The Morgan fingerprint density at radius 1 is 1.67 bits per heavy atom. The first-order valence-corrected chi connectivity index (χ1v) is 5.91. The van der Waals surface area contributed by atoms with E-state index < -0.39 is 0 Å². The molecular weight excluding hydrogens is 171 g/mol. The minimum absolute atomic E-state index is 0.0946. The molecule has 66 valence electrons. The molecule has 1 atom stereocenters. The van der Waals surface area contributed by atoms with Gasteiger partial charge in [-0.15, -0.1) is 7.53 Å². The van der Waals surface area contributed by atoms with Gasteiger partial charge in [-0.05, 0) is 30.7 Å². The summed E-state index contributed by atoms with van der Waals surface area (Å²) >= 11 is 0. The lowest BCUT2D eigenvalue weighted by atomic mass is 10.2. The van der Waals surface area contributed by atoms with Crippen LogP contribution in [0.15, 0.2) is 17.7 Å². The second-order valence-electron chi connectivity index (χ2n) is 2.67. The molecule has 0 spiro atoms. The van der Waals surface area contributed by atoms with E-state index in [1.807, 2.05) is 13.0 Å². The highest BCUT2D eigenvalue weighted by Crippen LogP contribution is 2.25. The van der Waals surface area contributed by atoms with Crippen molar-refractivity contribution in [3.05, 3.63) is 23.2 Å². The van der Waals surface area contributed by atoms with Gasteiger partial charge in [-0.3, -0.25) is 4.79 Å². The Bertz CT molecular complexity index is 265. The van der Waals surface area contributed by atoms with Crippen molar-refractivity contribution >= 4 is 13.5 Å². The summed E-state index contributed by atoms with van der Waals surface area (Å²) < 4.78 is 4.83. The van der Waals surface area contributed by atoms with E-state index in [1.54, 1.807) is 0 Å². The zero-order valence-corrected chi connectivity index (χ0v) is 8.30. The Kier molecular flexibility index (Phi) is 3.36. The van der Waals surface area contributed by atoms with Crippen molar-refractivity contribution < 1.29 is 9.53 Å². The molecule has 1 aromatic heterocycles. The quantitative estimate of drug-likeness (QED) is 0.674. The lowest BCUT2D eigenvalue weighted by molar-refractivity contribution is -0.142. The van der Waals surface area contributed by atoms with Crippen molar-refractivity contribution in [2.24, 2.45) is 6.66 Å². The molecule has 0 aliphatic carbocycles. The maximum Gasteiger partial charge on any atom is 0.310 e. The third-order valence-electron chi connectivity index (χ3n) is 1.55. The van der Waals surface area contributed by atoms with Crippen LogP contribution in [-0.2, 0) is 22.6 Å². The molecule has 0 aromatic carbocycles. The van der Waals surface area contributed by atoms with Crippen molar-refractivity contribution in [3.8, 4) is 0 Å². The summed E-state index contributed by atoms with van der Waals surface area (Å²) in [6.45, 7) is 4.45. The van der Waals surface area contributed by atoms with Crippen molar-refractivity contribution in [1.29, 1.82) is 0 Å². The van der Waals surface area contributed by atoms with Gasteiger partial charge in [-0.25, -0.2) is 0 Å². The molecule has 2 nitrogen and oxygen atoms in total. The van der Waals surface area contributed by atoms with Gasteiger partial charge in [0.25, 0.3) is 0 Å². The fraction of sp³-hybridized carbons (Fsp3) is 0.444. The first kappa shape index (κ1) is 9.34. The highest BCUT2D eigenvalue weighted by atomic mass is 31.1. The number of aryl methyl sites for hydroxylation is 1. The molecule has 1 unspecified atom stereocenters. The van der Waals surface area contributed by atoms with Gasteiger partial charge < -0.3 is 4.74 Å². The molecule has 0 radical (unpaired) electrons. The number of esters is 1. The zero-order valence-electron chi connectivity index (χ0n) is 7.41. The molecule has 3 heteroatoms. The van der Waals surface area contributed by atoms with Crippen LogP contribution >= 0.6 is 7.53 Å². The van der Waals surface area contributed by atoms with E-state index in [0.29, 0.717) is 13.0 Å². The van der Waals surface area contributed by atoms with Crippen LogP contribution in [0.1, 0.15) is 12.5 Å². The fourth-order valence-electron chi connectivity index (χ4n) is 1.04. The number of carbonyl (C=O) groups excluding carboxylic acids is 1. The predicted octanol–water partition coefficient (Wildman–Crippen LogP) is 2.32. The summed E-state index contributed by atoms with van der Waals surface area (Å²) in [6, 6.07) is 2.02. The van der Waals surface area contributed by atoms with Crippen LogP contribution in [0.4, 0.5) is 0 Å². The van der Waals surface area contributed by atoms with Crippen LogP contribution in [0.5, 0.6) is 0 Å². The Hall–Kier alpha value is -0.750. The van der Waals surface area contributed by atoms with Gasteiger partial charge in [0, 0.05) is 0 Å². The molecule has 0 aliphatic heterocycles. The number of ether oxygens (including phenoxy) is 1. The Labute approximate surface area is 73.6 Å². The van der Waals surface area contributed by atoms with Crippen LogP contribution in [0, 0.1) is 0 Å². The molecular formula is C9H13O2P. The lowest BCUT2D eigenvalue weighted by Gasteiger charge is -1.98. The van der Waals surface area contributed by atoms with Crippen LogP contribution in [0.3, 0.4) is 0 Å². The van der Waals surface area contributed by atoms with Gasteiger partial charge in [-0.2, -0.15) is 0 Å². The van der Waals surface area contributed by atoms with E-state index in [4.69, 9.17) is 4.74 Å². The van der Waals surface area contributed by atoms with Crippen molar-refractivity contribution in [1.82, 2.24) is 0 Å². The second-order valence-corrected chi connectivity index (χ2v) is 4.55. The molecule has 1 aromatic rings. The maximum absolute atomic E-state index is 11.0. The van der Waals surface area contributed by atoms with Gasteiger partial charge in [0.1, 0.15) is 0 Å². The van der Waals surface area contributed by atoms with Gasteiger partial charge in [0.05, 0.1) is 13.0 Å². The average molecular weight is 184 g/mol. The molecule has 0 fully saturated rings. The van der Waals surface area contributed by atoms with Crippen molar-refractivity contribution in [3.63, 3.8) is 0 Å². The number of hydrogen-bond donors (Lipinski definition) is 0. The van der Waals surface area contributed by atoms with Crippen molar-refractivity contribution in [2.75, 3.05) is 6.61 Å². The Balaban J connectivity index is 2.46. The standard InChI is InChI=1S/C9H13O2P/c1-3-11-9(10)6-8-4-5-12(2)7-8/h4-5,7H,3,6H2,1-2H3. The normalized spacial score (nSPS) is 11.3.